The van der Waals surface area contributed by atoms with Crippen molar-refractivity contribution < 1.29 is 22.0 Å². The van der Waals surface area contributed by atoms with Gasteiger partial charge in [-0.1, -0.05) is 0 Å². The average Bonchev–Trinajstić information content (AvgIpc) is 2.84. The number of benzene rings is 1. The third kappa shape index (κ3) is 2.54. The van der Waals surface area contributed by atoms with E-state index < -0.39 is 46.9 Å². The Morgan fingerprint density at radius 1 is 0.900 bits per heavy atom. The van der Waals surface area contributed by atoms with Crippen LogP contribution in [0.4, 0.5) is 22.0 Å². The molecule has 3 N–H and O–H groups in total. The zero-order valence-corrected chi connectivity index (χ0v) is 9.66. The summed E-state index contributed by atoms with van der Waals surface area (Å²) in [5, 5.41) is 7.94. The zero-order valence-electron chi connectivity index (χ0n) is 9.66. The van der Waals surface area contributed by atoms with Gasteiger partial charge in [-0.2, -0.15) is 5.10 Å². The van der Waals surface area contributed by atoms with Crippen LogP contribution in [0.3, 0.4) is 0 Å². The second kappa shape index (κ2) is 5.41. The third-order valence-corrected chi connectivity index (χ3v) is 2.45. The maximum atomic E-state index is 13.3. The van der Waals surface area contributed by atoms with Gasteiger partial charge >= 0.3 is 5.69 Å². The molecule has 0 aliphatic carbocycles. The normalized spacial score (nSPS) is 11.1. The molecule has 5 nitrogen and oxygen atoms in total. The Balaban J connectivity index is 2.15. The highest BCUT2D eigenvalue weighted by atomic mass is 19.2. The van der Waals surface area contributed by atoms with Gasteiger partial charge in [0, 0.05) is 12.1 Å². The van der Waals surface area contributed by atoms with E-state index in [0.29, 0.717) is 0 Å². The molecule has 0 amide bonds. The van der Waals surface area contributed by atoms with Crippen LogP contribution in [0, 0.1) is 29.1 Å². The molecule has 1 aromatic heterocycles. The third-order valence-electron chi connectivity index (χ3n) is 2.45. The zero-order chi connectivity index (χ0) is 14.9. The van der Waals surface area contributed by atoms with E-state index in [1.54, 1.807) is 0 Å². The van der Waals surface area contributed by atoms with Crippen molar-refractivity contribution >= 4 is 0 Å². The standard InChI is InChI=1S/C10H7F5N4O/c11-5-3(6(12)8(14)9(15)7(5)13)1-16-2-4-17-10(20)19-18-4/h16H,1-2H2,(H2,17,18,19,20). The number of aromatic nitrogens is 3. The Hall–Kier alpha value is -2.23. The summed E-state index contributed by atoms with van der Waals surface area (Å²) >= 11 is 0. The van der Waals surface area contributed by atoms with Gasteiger partial charge in [-0.15, -0.1) is 0 Å². The lowest BCUT2D eigenvalue weighted by atomic mass is 10.1. The summed E-state index contributed by atoms with van der Waals surface area (Å²) in [5.74, 6) is -9.89. The minimum Gasteiger partial charge on any atom is -0.306 e. The molecule has 10 heteroatoms. The summed E-state index contributed by atoms with van der Waals surface area (Å²) < 4.78 is 65.2. The van der Waals surface area contributed by atoms with Crippen molar-refractivity contribution in [2.75, 3.05) is 0 Å². The van der Waals surface area contributed by atoms with Crippen LogP contribution in [0.2, 0.25) is 0 Å². The van der Waals surface area contributed by atoms with Crippen LogP contribution in [-0.4, -0.2) is 15.2 Å². The number of rotatable bonds is 4. The van der Waals surface area contributed by atoms with Crippen molar-refractivity contribution in [2.45, 2.75) is 13.1 Å². The van der Waals surface area contributed by atoms with E-state index >= 15 is 0 Å². The van der Waals surface area contributed by atoms with Crippen molar-refractivity contribution in [3.63, 3.8) is 0 Å². The average molecular weight is 294 g/mol. The van der Waals surface area contributed by atoms with Crippen LogP contribution in [-0.2, 0) is 13.1 Å². The number of H-pyrrole nitrogens is 2. The highest BCUT2D eigenvalue weighted by Crippen LogP contribution is 2.22. The second-order valence-corrected chi connectivity index (χ2v) is 3.78. The molecule has 0 bridgehead atoms. The molecule has 0 saturated heterocycles. The fourth-order valence-electron chi connectivity index (χ4n) is 1.50. The first-order valence-corrected chi connectivity index (χ1v) is 5.26. The summed E-state index contributed by atoms with van der Waals surface area (Å²) in [5.41, 5.74) is -1.57. The van der Waals surface area contributed by atoms with Gasteiger partial charge in [0.05, 0.1) is 6.54 Å². The molecule has 20 heavy (non-hydrogen) atoms. The maximum Gasteiger partial charge on any atom is 0.340 e. The molecule has 0 aliphatic rings. The van der Waals surface area contributed by atoms with Gasteiger partial charge in [-0.05, 0) is 0 Å². The van der Waals surface area contributed by atoms with Crippen molar-refractivity contribution in [3.8, 4) is 0 Å². The monoisotopic (exact) mass is 294 g/mol. The first kappa shape index (κ1) is 14.2. The predicted molar refractivity (Wildman–Crippen MR) is 56.0 cm³/mol. The van der Waals surface area contributed by atoms with E-state index in [2.05, 4.69) is 15.4 Å². The molecule has 0 unspecified atom stereocenters. The van der Waals surface area contributed by atoms with Gasteiger partial charge in [0.2, 0.25) is 5.82 Å². The van der Waals surface area contributed by atoms with Crippen LogP contribution < -0.4 is 11.0 Å². The van der Waals surface area contributed by atoms with Gasteiger partial charge in [0.1, 0.15) is 5.82 Å². The van der Waals surface area contributed by atoms with E-state index in [1.807, 2.05) is 5.10 Å². The van der Waals surface area contributed by atoms with Crippen LogP contribution in [0.5, 0.6) is 0 Å². The molecular formula is C10H7F5N4O. The van der Waals surface area contributed by atoms with Crippen LogP contribution in [0.1, 0.15) is 11.4 Å². The van der Waals surface area contributed by atoms with Crippen LogP contribution in [0.25, 0.3) is 0 Å². The van der Waals surface area contributed by atoms with E-state index in [9.17, 15) is 26.7 Å². The lowest BCUT2D eigenvalue weighted by Crippen LogP contribution is -2.18. The summed E-state index contributed by atoms with van der Waals surface area (Å²) in [7, 11) is 0. The van der Waals surface area contributed by atoms with Gasteiger partial charge < -0.3 is 5.32 Å². The van der Waals surface area contributed by atoms with Gasteiger partial charge in [0.25, 0.3) is 0 Å². The van der Waals surface area contributed by atoms with Crippen LogP contribution in [0.15, 0.2) is 4.79 Å². The first-order chi connectivity index (χ1) is 9.41. The lowest BCUT2D eigenvalue weighted by molar-refractivity contribution is 0.367. The molecule has 0 saturated carbocycles. The van der Waals surface area contributed by atoms with Gasteiger partial charge in [0.15, 0.2) is 23.3 Å². The lowest BCUT2D eigenvalue weighted by Gasteiger charge is -2.08. The first-order valence-electron chi connectivity index (χ1n) is 5.26. The molecular weight excluding hydrogens is 287 g/mol. The number of halogens is 5. The van der Waals surface area contributed by atoms with E-state index in [4.69, 9.17) is 0 Å². The number of nitrogens with one attached hydrogen (secondary N) is 3. The largest absolute Gasteiger partial charge is 0.340 e. The molecule has 108 valence electrons. The summed E-state index contributed by atoms with van der Waals surface area (Å²) in [6.07, 6.45) is 0. The topological polar surface area (TPSA) is 73.6 Å². The fraction of sp³-hybridized carbons (Fsp3) is 0.200. The Labute approximate surface area is 107 Å². The number of hydrogen-bond acceptors (Lipinski definition) is 3. The molecule has 0 radical (unpaired) electrons. The summed E-state index contributed by atoms with van der Waals surface area (Å²) in [6, 6.07) is 0. The molecule has 2 rings (SSSR count). The smallest absolute Gasteiger partial charge is 0.306 e. The predicted octanol–water partition coefficient (Wildman–Crippen LogP) is 1.08. The quantitative estimate of drug-likeness (QED) is 0.449. The second-order valence-electron chi connectivity index (χ2n) is 3.78. The van der Waals surface area contributed by atoms with E-state index in [0.717, 1.165) is 0 Å². The molecule has 1 aromatic carbocycles. The highest BCUT2D eigenvalue weighted by molar-refractivity contribution is 5.23. The van der Waals surface area contributed by atoms with E-state index in [-0.39, 0.29) is 12.4 Å². The fourth-order valence-corrected chi connectivity index (χ4v) is 1.50. The molecule has 0 fully saturated rings. The summed E-state index contributed by atoms with van der Waals surface area (Å²) in [4.78, 5) is 12.9. The van der Waals surface area contributed by atoms with Crippen molar-refractivity contribution in [1.29, 1.82) is 0 Å². The molecule has 0 spiro atoms. The minimum atomic E-state index is -2.21. The summed E-state index contributed by atoms with van der Waals surface area (Å²) in [6.45, 7) is -0.751. The Kier molecular flexibility index (Phi) is 3.84. The number of nitrogens with zero attached hydrogens (tertiary/aromatic N) is 1. The van der Waals surface area contributed by atoms with Crippen molar-refractivity contribution in [1.82, 2.24) is 20.5 Å². The molecule has 2 aromatic rings. The van der Waals surface area contributed by atoms with Crippen molar-refractivity contribution in [2.24, 2.45) is 0 Å². The molecule has 1 heterocycles. The van der Waals surface area contributed by atoms with Crippen LogP contribution >= 0.6 is 0 Å². The highest BCUT2D eigenvalue weighted by Gasteiger charge is 2.25. The molecule has 0 aliphatic heterocycles. The minimum absolute atomic E-state index is 0.124. The SMILES string of the molecule is O=c1[nH]nc(CNCc2c(F)c(F)c(F)c(F)c2F)[nH]1. The Bertz CT molecular complexity index is 666. The van der Waals surface area contributed by atoms with Crippen molar-refractivity contribution in [3.05, 3.63) is 51.0 Å². The Morgan fingerprint density at radius 3 is 1.95 bits per heavy atom. The van der Waals surface area contributed by atoms with E-state index in [1.165, 1.54) is 0 Å². The van der Waals surface area contributed by atoms with Gasteiger partial charge in [-0.25, -0.2) is 31.8 Å². The van der Waals surface area contributed by atoms with Gasteiger partial charge in [-0.3, -0.25) is 4.98 Å². The number of aromatic amines is 2. The maximum absolute atomic E-state index is 13.3. The Morgan fingerprint density at radius 2 is 1.45 bits per heavy atom. The number of hydrogen-bond donors (Lipinski definition) is 3. The molecule has 0 atom stereocenters.